The Morgan fingerprint density at radius 3 is 2.45 bits per heavy atom. The number of nitrogens with zero attached hydrogens (tertiary/aromatic N) is 4. The van der Waals surface area contributed by atoms with Crippen LogP contribution in [0.4, 0.5) is 22.7 Å². The van der Waals surface area contributed by atoms with Gasteiger partial charge in [0.2, 0.25) is 15.9 Å². The lowest BCUT2D eigenvalue weighted by molar-refractivity contribution is -0.111. The summed E-state index contributed by atoms with van der Waals surface area (Å²) in [6.07, 6.45) is 2.95. The maximum Gasteiger partial charge on any atom is 0.247 e. The highest BCUT2D eigenvalue weighted by atomic mass is 32.2. The summed E-state index contributed by atoms with van der Waals surface area (Å²) in [5, 5.41) is 14.8. The molecule has 2 atom stereocenters. The molecule has 1 amide bonds. The first-order chi connectivity index (χ1) is 18.8. The number of methoxy groups -OCH3 is 1. The van der Waals surface area contributed by atoms with Crippen LogP contribution >= 0.6 is 0 Å². The summed E-state index contributed by atoms with van der Waals surface area (Å²) in [5.74, 6) is 0.172. The van der Waals surface area contributed by atoms with Crippen molar-refractivity contribution in [1.82, 2.24) is 9.80 Å². The van der Waals surface area contributed by atoms with Gasteiger partial charge in [0.1, 0.15) is 5.75 Å². The molecule has 11 nitrogen and oxygen atoms in total. The van der Waals surface area contributed by atoms with Gasteiger partial charge in [-0.15, -0.1) is 0 Å². The Labute approximate surface area is 237 Å². The lowest BCUT2D eigenvalue weighted by Gasteiger charge is -2.36. The maximum absolute atomic E-state index is 12.8. The van der Waals surface area contributed by atoms with E-state index in [4.69, 9.17) is 10.1 Å². The van der Waals surface area contributed by atoms with Crippen molar-refractivity contribution < 1.29 is 17.9 Å². The summed E-state index contributed by atoms with van der Waals surface area (Å²) in [5.41, 5.74) is 3.39. The fourth-order valence-corrected chi connectivity index (χ4v) is 6.04. The number of ether oxygens (including phenoxy) is 1. The predicted molar refractivity (Wildman–Crippen MR) is 163 cm³/mol. The first-order valence-electron chi connectivity index (χ1n) is 13.0. The van der Waals surface area contributed by atoms with Crippen molar-refractivity contribution >= 4 is 44.6 Å². The second kappa shape index (κ2) is 12.6. The van der Waals surface area contributed by atoms with Gasteiger partial charge in [-0.25, -0.2) is 8.42 Å². The molecule has 1 unspecified atom stereocenters. The van der Waals surface area contributed by atoms with Crippen LogP contribution in [-0.4, -0.2) is 96.8 Å². The van der Waals surface area contributed by atoms with Crippen LogP contribution in [0, 0.1) is 5.41 Å². The molecule has 0 aliphatic carbocycles. The summed E-state index contributed by atoms with van der Waals surface area (Å²) >= 11 is 0. The van der Waals surface area contributed by atoms with E-state index in [9.17, 15) is 13.2 Å². The third-order valence-corrected chi connectivity index (χ3v) is 8.33. The van der Waals surface area contributed by atoms with E-state index in [0.29, 0.717) is 35.8 Å². The fraction of sp³-hybridized carbons (Fsp3) is 0.429. The molecule has 218 valence electrons. The van der Waals surface area contributed by atoms with Crippen molar-refractivity contribution in [2.75, 3.05) is 74.5 Å². The van der Waals surface area contributed by atoms with Crippen LogP contribution in [0.5, 0.6) is 5.75 Å². The average molecular weight is 572 g/mol. The number of rotatable bonds is 11. The van der Waals surface area contributed by atoms with Crippen molar-refractivity contribution in [3.63, 3.8) is 0 Å². The number of anilines is 4. The normalized spacial score (nSPS) is 15.3. The molecule has 0 aromatic heterocycles. The predicted octanol–water partition coefficient (Wildman–Crippen LogP) is 2.88. The van der Waals surface area contributed by atoms with Crippen LogP contribution in [0.25, 0.3) is 0 Å². The van der Waals surface area contributed by atoms with Gasteiger partial charge in [-0.1, -0.05) is 24.8 Å². The number of benzene rings is 2. The number of sulfonamides is 1. The smallest absolute Gasteiger partial charge is 0.247 e. The van der Waals surface area contributed by atoms with Crippen LogP contribution in [0.2, 0.25) is 0 Å². The van der Waals surface area contributed by atoms with E-state index >= 15 is 0 Å². The van der Waals surface area contributed by atoms with E-state index in [2.05, 4.69) is 22.1 Å². The number of likely N-dealkylation sites (N-methyl/N-ethyl adjacent to an activating group) is 3. The van der Waals surface area contributed by atoms with E-state index in [-0.39, 0.29) is 17.9 Å². The molecule has 0 saturated heterocycles. The Hall–Kier alpha value is -3.77. The number of carbonyl (C=O) groups excluding carboxylic acids is 1. The summed E-state index contributed by atoms with van der Waals surface area (Å²) in [6, 6.07) is 10.3. The van der Waals surface area contributed by atoms with Gasteiger partial charge in [-0.3, -0.25) is 14.5 Å². The van der Waals surface area contributed by atoms with Gasteiger partial charge in [0.05, 0.1) is 48.2 Å². The number of guanidine groups is 1. The molecule has 1 aliphatic rings. The van der Waals surface area contributed by atoms with Gasteiger partial charge in [0, 0.05) is 33.3 Å². The molecule has 0 radical (unpaired) electrons. The van der Waals surface area contributed by atoms with Crippen molar-refractivity contribution in [2.24, 2.45) is 0 Å². The van der Waals surface area contributed by atoms with Crippen LogP contribution in [-0.2, 0) is 21.2 Å². The average Bonchev–Trinajstić information content (AvgIpc) is 3.31. The standard InChI is InChI=1S/C28H41N7O4S/c1-9-27(36)30-21-17-22(26(39-7)18-25(21)33(5)15-14-32(3)4)31-28(29)34(6)19(2)24-16-20-12-10-11-13-23(20)35(24)40(8,37)38/h9-13,17-19,24H,1,14-16H2,2-8H3,(H2,29,31)(H,30,36)/t19?,24-/m0/s1. The van der Waals surface area contributed by atoms with Crippen molar-refractivity contribution in [1.29, 1.82) is 5.41 Å². The lowest BCUT2D eigenvalue weighted by Crippen LogP contribution is -2.52. The van der Waals surface area contributed by atoms with Crippen LogP contribution in [0.1, 0.15) is 12.5 Å². The molecule has 1 aliphatic heterocycles. The highest BCUT2D eigenvalue weighted by Gasteiger charge is 2.40. The third-order valence-electron chi connectivity index (χ3n) is 7.15. The zero-order valence-electron chi connectivity index (χ0n) is 24.4. The van der Waals surface area contributed by atoms with Crippen LogP contribution in [0.15, 0.2) is 49.1 Å². The van der Waals surface area contributed by atoms with Gasteiger partial charge in [0.15, 0.2) is 5.96 Å². The molecule has 0 saturated carbocycles. The van der Waals surface area contributed by atoms with Gasteiger partial charge in [-0.2, -0.15) is 0 Å². The minimum atomic E-state index is -3.54. The Morgan fingerprint density at radius 2 is 1.85 bits per heavy atom. The third kappa shape index (κ3) is 6.86. The van der Waals surface area contributed by atoms with E-state index in [1.54, 1.807) is 25.1 Å². The molecule has 0 fully saturated rings. The Kier molecular flexibility index (Phi) is 9.69. The molecular weight excluding hydrogens is 530 g/mol. The SMILES string of the molecule is C=CC(=O)Nc1cc(NC(=N)N(C)C(C)[C@@H]2Cc3ccccc3N2S(C)(=O)=O)c(OC)cc1N(C)CCN(C)C. The van der Waals surface area contributed by atoms with E-state index in [1.807, 2.05) is 63.3 Å². The summed E-state index contributed by atoms with van der Waals surface area (Å²) in [7, 11) is 5.66. The van der Waals surface area contributed by atoms with Crippen molar-refractivity contribution in [3.8, 4) is 5.75 Å². The minimum Gasteiger partial charge on any atom is -0.494 e. The highest BCUT2D eigenvalue weighted by molar-refractivity contribution is 7.92. The number of amides is 1. The molecule has 0 bridgehead atoms. The topological polar surface area (TPSA) is 121 Å². The number of hydrogen-bond acceptors (Lipinski definition) is 7. The second-order valence-electron chi connectivity index (χ2n) is 10.3. The quantitative estimate of drug-likeness (QED) is 0.214. The zero-order valence-corrected chi connectivity index (χ0v) is 25.2. The number of hydrogen-bond donors (Lipinski definition) is 3. The first kappa shape index (κ1) is 30.8. The molecule has 3 N–H and O–H groups in total. The first-order valence-corrected chi connectivity index (χ1v) is 14.8. The van der Waals surface area contributed by atoms with E-state index in [0.717, 1.165) is 17.8 Å². The number of fused-ring (bicyclic) bond motifs is 1. The summed E-state index contributed by atoms with van der Waals surface area (Å²) in [6.45, 7) is 6.96. The molecule has 3 rings (SSSR count). The van der Waals surface area contributed by atoms with Crippen LogP contribution in [0.3, 0.4) is 0 Å². The number of carbonyl (C=O) groups is 1. The van der Waals surface area contributed by atoms with Gasteiger partial charge in [-0.05, 0) is 51.2 Å². The lowest BCUT2D eigenvalue weighted by atomic mass is 10.0. The molecule has 0 spiro atoms. The monoisotopic (exact) mass is 571 g/mol. The van der Waals surface area contributed by atoms with Gasteiger partial charge in [0.25, 0.3) is 0 Å². The number of para-hydroxylation sites is 1. The molecular formula is C28H41N7O4S. The molecule has 40 heavy (non-hydrogen) atoms. The Bertz CT molecular complexity index is 1360. The Balaban J connectivity index is 1.89. The van der Waals surface area contributed by atoms with Gasteiger partial charge >= 0.3 is 0 Å². The van der Waals surface area contributed by atoms with Crippen LogP contribution < -0.4 is 24.6 Å². The fourth-order valence-electron chi connectivity index (χ4n) is 4.76. The minimum absolute atomic E-state index is 0.0462. The van der Waals surface area contributed by atoms with Crippen molar-refractivity contribution in [2.45, 2.75) is 25.4 Å². The number of nitrogens with one attached hydrogen (secondary N) is 3. The highest BCUT2D eigenvalue weighted by Crippen LogP contribution is 2.38. The van der Waals surface area contributed by atoms with E-state index in [1.165, 1.54) is 16.6 Å². The summed E-state index contributed by atoms with van der Waals surface area (Å²) in [4.78, 5) is 18.0. The maximum atomic E-state index is 12.8. The van der Waals surface area contributed by atoms with E-state index < -0.39 is 16.1 Å². The molecule has 12 heteroatoms. The van der Waals surface area contributed by atoms with Crippen molar-refractivity contribution in [3.05, 3.63) is 54.6 Å². The summed E-state index contributed by atoms with van der Waals surface area (Å²) < 4.78 is 32.7. The Morgan fingerprint density at radius 1 is 1.18 bits per heavy atom. The zero-order chi connectivity index (χ0) is 29.8. The molecule has 2 aromatic rings. The largest absolute Gasteiger partial charge is 0.494 e. The molecule has 1 heterocycles. The van der Waals surface area contributed by atoms with Gasteiger partial charge < -0.3 is 30.1 Å². The second-order valence-corrected chi connectivity index (χ2v) is 12.1. The molecule has 2 aromatic carbocycles.